The number of rotatable bonds is 13. The van der Waals surface area contributed by atoms with Crippen LogP contribution in [0.3, 0.4) is 0 Å². The smallest absolute Gasteiger partial charge is 0.286 e. The predicted molar refractivity (Wildman–Crippen MR) is 188 cm³/mol. The number of ether oxygens (including phenoxy) is 3. The highest BCUT2D eigenvalue weighted by molar-refractivity contribution is 7.89. The van der Waals surface area contributed by atoms with E-state index in [1.165, 1.54) is 45.8 Å². The number of fused-ring (bicyclic) bond motifs is 4. The van der Waals surface area contributed by atoms with Crippen LogP contribution in [0.1, 0.15) is 34.9 Å². The molecule has 0 saturated heterocycles. The number of para-hydroxylation sites is 2. The van der Waals surface area contributed by atoms with Crippen molar-refractivity contribution in [3.63, 3.8) is 0 Å². The third kappa shape index (κ3) is 7.01. The lowest BCUT2D eigenvalue weighted by Crippen LogP contribution is -2.38. The Morgan fingerprint density at radius 3 is 2.58 bits per heavy atom. The Bertz CT molecular complexity index is 2110. The lowest BCUT2D eigenvalue weighted by Gasteiger charge is -2.30. The molecule has 2 atom stereocenters. The Morgan fingerprint density at radius 2 is 1.78 bits per heavy atom. The first-order chi connectivity index (χ1) is 24.3. The molecule has 258 valence electrons. The summed E-state index contributed by atoms with van der Waals surface area (Å²) in [6.07, 6.45) is 2.24. The van der Waals surface area contributed by atoms with E-state index in [0.29, 0.717) is 18.0 Å². The van der Waals surface area contributed by atoms with Crippen molar-refractivity contribution in [1.82, 2.24) is 19.6 Å². The van der Waals surface area contributed by atoms with Crippen LogP contribution in [-0.4, -0.2) is 73.4 Å². The molecule has 1 unspecified atom stereocenters. The molecule has 11 nitrogen and oxygen atoms in total. The molecule has 12 heteroatoms. The SMILES string of the molecule is COc1ccc(S(=O)(=O)N(CCO)CCOC2C[C@@H](c3ccc4c(c3)Cc3ccccc3-4)C=C(C(=O)NCc3nc4ccccc4[nH]3)O2)cc1. The maximum atomic E-state index is 13.5. The average molecular weight is 695 g/mol. The number of benzene rings is 4. The number of aliphatic hydroxyl groups excluding tert-OH is 1. The largest absolute Gasteiger partial charge is 0.497 e. The maximum absolute atomic E-state index is 13.5. The van der Waals surface area contributed by atoms with Gasteiger partial charge in [-0.05, 0) is 76.7 Å². The molecule has 5 aromatic rings. The van der Waals surface area contributed by atoms with E-state index >= 15 is 0 Å². The molecule has 3 N–H and O–H groups in total. The van der Waals surface area contributed by atoms with Crippen LogP contribution in [0, 0.1) is 0 Å². The number of nitrogens with one attached hydrogen (secondary N) is 2. The molecule has 0 bridgehead atoms. The van der Waals surface area contributed by atoms with Crippen LogP contribution in [0.2, 0.25) is 0 Å². The molecule has 50 heavy (non-hydrogen) atoms. The molecule has 0 radical (unpaired) electrons. The summed E-state index contributed by atoms with van der Waals surface area (Å²) in [4.78, 5) is 21.4. The topological polar surface area (TPSA) is 143 Å². The number of imidazole rings is 1. The fraction of sp³-hybridized carbons (Fsp3) is 0.263. The van der Waals surface area contributed by atoms with Gasteiger partial charge in [0.25, 0.3) is 5.91 Å². The quantitative estimate of drug-likeness (QED) is 0.155. The minimum absolute atomic E-state index is 0.0276. The molecule has 4 aromatic carbocycles. The molecule has 1 aromatic heterocycles. The number of sulfonamides is 1. The second kappa shape index (κ2) is 14.5. The van der Waals surface area contributed by atoms with Gasteiger partial charge in [0.1, 0.15) is 11.6 Å². The first-order valence-corrected chi connectivity index (χ1v) is 17.9. The van der Waals surface area contributed by atoms with Gasteiger partial charge in [0.05, 0.1) is 42.8 Å². The van der Waals surface area contributed by atoms with Gasteiger partial charge in [-0.2, -0.15) is 4.31 Å². The molecule has 0 fully saturated rings. The van der Waals surface area contributed by atoms with Crippen molar-refractivity contribution >= 4 is 27.0 Å². The summed E-state index contributed by atoms with van der Waals surface area (Å²) in [7, 11) is -2.42. The standard InChI is InChI=1S/C38H38N4O7S/c1-47-29-11-13-30(14-12-29)50(45,46)42(16-18-43)17-19-48-37-23-27(25-10-15-32-28(20-25)21-26-6-2-3-7-31(26)32)22-35(49-37)38(44)39-24-36-40-33-8-4-5-9-34(33)41-36/h2-15,20,22,27,37,43H,16-19,21,23-24H2,1H3,(H,39,44)(H,40,41)/t27-,37?/m0/s1. The van der Waals surface area contributed by atoms with Gasteiger partial charge in [0, 0.05) is 25.4 Å². The van der Waals surface area contributed by atoms with E-state index in [4.69, 9.17) is 14.2 Å². The monoisotopic (exact) mass is 694 g/mol. The normalized spacial score (nSPS) is 16.8. The summed E-state index contributed by atoms with van der Waals surface area (Å²) >= 11 is 0. The highest BCUT2D eigenvalue weighted by Gasteiger charge is 2.31. The number of allylic oxidation sites excluding steroid dienone is 1. The molecule has 2 aliphatic rings. The number of amides is 1. The van der Waals surface area contributed by atoms with Crippen LogP contribution < -0.4 is 10.1 Å². The summed E-state index contributed by atoms with van der Waals surface area (Å²) < 4.78 is 45.4. The van der Waals surface area contributed by atoms with Crippen LogP contribution in [0.15, 0.2) is 108 Å². The number of aromatic nitrogens is 2. The fourth-order valence-electron chi connectivity index (χ4n) is 6.53. The lowest BCUT2D eigenvalue weighted by molar-refractivity contribution is -0.146. The zero-order valence-electron chi connectivity index (χ0n) is 27.5. The van der Waals surface area contributed by atoms with Crippen LogP contribution in [0.5, 0.6) is 5.75 Å². The van der Waals surface area contributed by atoms with Crippen molar-refractivity contribution in [2.24, 2.45) is 0 Å². The molecule has 1 aliphatic heterocycles. The molecule has 2 heterocycles. The van der Waals surface area contributed by atoms with Gasteiger partial charge >= 0.3 is 0 Å². The Morgan fingerprint density at radius 1 is 1.00 bits per heavy atom. The van der Waals surface area contributed by atoms with Crippen molar-refractivity contribution in [1.29, 1.82) is 0 Å². The van der Waals surface area contributed by atoms with Gasteiger partial charge in [-0.25, -0.2) is 13.4 Å². The molecule has 0 spiro atoms. The molecule has 0 saturated carbocycles. The van der Waals surface area contributed by atoms with E-state index < -0.39 is 22.2 Å². The average Bonchev–Trinajstić information content (AvgIpc) is 3.74. The highest BCUT2D eigenvalue weighted by atomic mass is 32.2. The molecule has 1 amide bonds. The number of hydrogen-bond acceptors (Lipinski definition) is 8. The Balaban J connectivity index is 1.08. The predicted octanol–water partition coefficient (Wildman–Crippen LogP) is 4.87. The minimum atomic E-state index is -3.93. The van der Waals surface area contributed by atoms with E-state index in [0.717, 1.165) is 23.0 Å². The minimum Gasteiger partial charge on any atom is -0.497 e. The number of carbonyl (C=O) groups excluding carboxylic acids is 1. The maximum Gasteiger partial charge on any atom is 0.286 e. The van der Waals surface area contributed by atoms with Crippen LogP contribution in [-0.2, 0) is 37.3 Å². The summed E-state index contributed by atoms with van der Waals surface area (Å²) in [5, 5.41) is 12.6. The van der Waals surface area contributed by atoms with Crippen molar-refractivity contribution in [2.45, 2.75) is 36.5 Å². The van der Waals surface area contributed by atoms with Gasteiger partial charge in [0.2, 0.25) is 16.3 Å². The molecular weight excluding hydrogens is 657 g/mol. The van der Waals surface area contributed by atoms with E-state index in [9.17, 15) is 18.3 Å². The molecule has 1 aliphatic carbocycles. The van der Waals surface area contributed by atoms with Crippen LogP contribution in [0.4, 0.5) is 0 Å². The summed E-state index contributed by atoms with van der Waals surface area (Å²) in [5.74, 6) is 0.640. The third-order valence-corrected chi connectivity index (χ3v) is 11.0. The van der Waals surface area contributed by atoms with Crippen molar-refractivity contribution < 1.29 is 32.5 Å². The van der Waals surface area contributed by atoms with Gasteiger partial charge in [-0.3, -0.25) is 4.79 Å². The lowest BCUT2D eigenvalue weighted by atomic mass is 9.90. The number of aromatic amines is 1. The Labute approximate surface area is 290 Å². The van der Waals surface area contributed by atoms with Crippen LogP contribution >= 0.6 is 0 Å². The zero-order valence-corrected chi connectivity index (χ0v) is 28.4. The fourth-order valence-corrected chi connectivity index (χ4v) is 7.95. The van der Waals surface area contributed by atoms with Crippen molar-refractivity contribution in [3.05, 3.63) is 125 Å². The van der Waals surface area contributed by atoms with Crippen molar-refractivity contribution in [2.75, 3.05) is 33.4 Å². The summed E-state index contributed by atoms with van der Waals surface area (Å²) in [5.41, 5.74) is 7.66. The summed E-state index contributed by atoms with van der Waals surface area (Å²) in [6.45, 7) is -0.370. The second-order valence-corrected chi connectivity index (χ2v) is 14.2. The van der Waals surface area contributed by atoms with Gasteiger partial charge in [0.15, 0.2) is 5.76 Å². The second-order valence-electron chi connectivity index (χ2n) is 12.2. The molecule has 7 rings (SSSR count). The highest BCUT2D eigenvalue weighted by Crippen LogP contribution is 2.40. The number of H-pyrrole nitrogens is 1. The number of carbonyl (C=O) groups is 1. The third-order valence-electron chi connectivity index (χ3n) is 9.07. The Kier molecular flexibility index (Phi) is 9.68. The van der Waals surface area contributed by atoms with E-state index in [2.05, 4.69) is 51.7 Å². The van der Waals surface area contributed by atoms with E-state index in [1.807, 2.05) is 36.4 Å². The number of hydrogen-bond donors (Lipinski definition) is 3. The summed E-state index contributed by atoms with van der Waals surface area (Å²) in [6, 6.07) is 28.5. The number of nitrogens with zero attached hydrogens (tertiary/aromatic N) is 2. The van der Waals surface area contributed by atoms with E-state index in [-0.39, 0.29) is 49.4 Å². The van der Waals surface area contributed by atoms with Gasteiger partial charge in [-0.15, -0.1) is 0 Å². The number of aliphatic hydroxyl groups is 1. The van der Waals surface area contributed by atoms with Gasteiger partial charge in [-0.1, -0.05) is 54.6 Å². The Hall–Kier alpha value is -5.01. The number of methoxy groups -OCH3 is 1. The van der Waals surface area contributed by atoms with E-state index in [1.54, 1.807) is 12.1 Å². The van der Waals surface area contributed by atoms with Crippen LogP contribution in [0.25, 0.3) is 22.2 Å². The first-order valence-electron chi connectivity index (χ1n) is 16.5. The van der Waals surface area contributed by atoms with Gasteiger partial charge < -0.3 is 29.6 Å². The van der Waals surface area contributed by atoms with Crippen molar-refractivity contribution in [3.8, 4) is 16.9 Å². The molecular formula is C38H38N4O7S. The zero-order chi connectivity index (χ0) is 34.7. The first kappa shape index (κ1) is 33.5.